The van der Waals surface area contributed by atoms with Crippen molar-refractivity contribution in [2.45, 2.75) is 32.0 Å². The molecule has 130 valence electrons. The predicted octanol–water partition coefficient (Wildman–Crippen LogP) is 3.10. The molecule has 2 N–H and O–H groups in total. The van der Waals surface area contributed by atoms with E-state index >= 15 is 0 Å². The Hall–Kier alpha value is -1.76. The van der Waals surface area contributed by atoms with Gasteiger partial charge in [-0.05, 0) is 18.4 Å². The third-order valence-electron chi connectivity index (χ3n) is 3.04. The van der Waals surface area contributed by atoms with Crippen LogP contribution in [0.2, 0.25) is 0 Å². The topological polar surface area (TPSA) is 45.7 Å². The second kappa shape index (κ2) is 10.9. The number of rotatable bonds is 9. The van der Waals surface area contributed by atoms with E-state index < -0.39 is 12.6 Å². The minimum absolute atomic E-state index is 0.177. The molecule has 0 saturated carbocycles. The van der Waals surface area contributed by atoms with Crippen molar-refractivity contribution in [2.24, 2.45) is 4.99 Å². The van der Waals surface area contributed by atoms with Gasteiger partial charge in [-0.15, -0.1) is 0 Å². The second-order valence-electron chi connectivity index (χ2n) is 5.04. The molecule has 0 fully saturated rings. The van der Waals surface area contributed by atoms with Crippen molar-refractivity contribution >= 4 is 5.96 Å². The van der Waals surface area contributed by atoms with Gasteiger partial charge in [-0.1, -0.05) is 30.3 Å². The summed E-state index contributed by atoms with van der Waals surface area (Å²) in [6.07, 6.45) is -3.29. The molecular weight excluding hydrogens is 307 g/mol. The molecule has 0 aliphatic rings. The van der Waals surface area contributed by atoms with E-state index in [9.17, 15) is 13.2 Å². The van der Waals surface area contributed by atoms with Gasteiger partial charge in [0, 0.05) is 26.7 Å². The van der Waals surface area contributed by atoms with Gasteiger partial charge in [0.25, 0.3) is 0 Å². The van der Waals surface area contributed by atoms with Crippen LogP contribution in [-0.4, -0.2) is 38.9 Å². The summed E-state index contributed by atoms with van der Waals surface area (Å²) in [5, 5.41) is 5.62. The molecule has 0 aromatic heterocycles. The summed E-state index contributed by atoms with van der Waals surface area (Å²) in [4.78, 5) is 3.88. The Labute approximate surface area is 135 Å². The molecule has 0 saturated heterocycles. The first-order valence-electron chi connectivity index (χ1n) is 7.64. The molecule has 1 aromatic carbocycles. The van der Waals surface area contributed by atoms with E-state index in [0.717, 1.165) is 18.4 Å². The van der Waals surface area contributed by atoms with Gasteiger partial charge in [-0.3, -0.25) is 4.99 Å². The van der Waals surface area contributed by atoms with Crippen LogP contribution in [0.1, 0.15) is 24.8 Å². The molecule has 4 nitrogen and oxygen atoms in total. The first kappa shape index (κ1) is 19.3. The molecule has 0 aliphatic heterocycles. The number of hydrogen-bond donors (Lipinski definition) is 2. The average molecular weight is 331 g/mol. The number of nitrogens with one attached hydrogen (secondary N) is 2. The van der Waals surface area contributed by atoms with Crippen molar-refractivity contribution in [2.75, 3.05) is 26.7 Å². The Morgan fingerprint density at radius 3 is 2.43 bits per heavy atom. The zero-order valence-corrected chi connectivity index (χ0v) is 13.3. The number of unbranched alkanes of at least 4 members (excludes halogenated alkanes) is 1. The Morgan fingerprint density at radius 2 is 1.78 bits per heavy atom. The summed E-state index contributed by atoms with van der Waals surface area (Å²) in [6.45, 7) is 1.70. The van der Waals surface area contributed by atoms with Gasteiger partial charge in [-0.25, -0.2) is 0 Å². The van der Waals surface area contributed by atoms with E-state index in [2.05, 4.69) is 15.6 Å². The average Bonchev–Trinajstić information content (AvgIpc) is 2.52. The molecule has 1 aromatic rings. The molecule has 0 heterocycles. The maximum absolute atomic E-state index is 12.0. The number of aliphatic imine (C=N–C) groups is 1. The molecule has 0 spiro atoms. The van der Waals surface area contributed by atoms with Gasteiger partial charge >= 0.3 is 6.18 Å². The summed E-state index contributed by atoms with van der Waals surface area (Å²) in [7, 11) is 1.53. The second-order valence-corrected chi connectivity index (χ2v) is 5.04. The van der Waals surface area contributed by atoms with Crippen LogP contribution in [0, 0.1) is 0 Å². The lowest BCUT2D eigenvalue weighted by Crippen LogP contribution is -2.39. The number of nitrogens with zero attached hydrogens (tertiary/aromatic N) is 1. The number of guanidine groups is 1. The molecule has 1 rings (SSSR count). The van der Waals surface area contributed by atoms with Crippen molar-refractivity contribution in [1.82, 2.24) is 10.6 Å². The van der Waals surface area contributed by atoms with E-state index in [4.69, 9.17) is 4.74 Å². The standard InChI is InChI=1S/C16H24F3N3O/c1-20-15(22-11-9-16(17,18)19)21-10-5-6-12-23-13-14-7-3-2-4-8-14/h2-4,7-8H,5-6,9-13H2,1H3,(H2,20,21,22). The molecule has 0 aliphatic carbocycles. The maximum atomic E-state index is 12.0. The number of ether oxygens (including phenoxy) is 1. The molecule has 0 unspecified atom stereocenters. The highest BCUT2D eigenvalue weighted by Gasteiger charge is 2.26. The van der Waals surface area contributed by atoms with E-state index in [1.165, 1.54) is 7.05 Å². The van der Waals surface area contributed by atoms with Crippen molar-refractivity contribution < 1.29 is 17.9 Å². The van der Waals surface area contributed by atoms with E-state index in [1.54, 1.807) is 0 Å². The highest BCUT2D eigenvalue weighted by Crippen LogP contribution is 2.17. The van der Waals surface area contributed by atoms with Crippen LogP contribution in [0.25, 0.3) is 0 Å². The zero-order chi connectivity index (χ0) is 17.0. The van der Waals surface area contributed by atoms with Gasteiger partial charge < -0.3 is 15.4 Å². The van der Waals surface area contributed by atoms with Gasteiger partial charge in [0.15, 0.2) is 5.96 Å². The smallest absolute Gasteiger partial charge is 0.377 e. The Morgan fingerprint density at radius 1 is 1.09 bits per heavy atom. The maximum Gasteiger partial charge on any atom is 0.390 e. The van der Waals surface area contributed by atoms with Crippen LogP contribution >= 0.6 is 0 Å². The highest BCUT2D eigenvalue weighted by atomic mass is 19.4. The molecule has 0 radical (unpaired) electrons. The fourth-order valence-electron chi connectivity index (χ4n) is 1.84. The fraction of sp³-hybridized carbons (Fsp3) is 0.562. The predicted molar refractivity (Wildman–Crippen MR) is 85.4 cm³/mol. The summed E-state index contributed by atoms with van der Waals surface area (Å²) in [6, 6.07) is 9.93. The van der Waals surface area contributed by atoms with E-state index in [-0.39, 0.29) is 6.54 Å². The molecule has 7 heteroatoms. The number of hydrogen-bond acceptors (Lipinski definition) is 2. The monoisotopic (exact) mass is 331 g/mol. The normalized spacial score (nSPS) is 12.3. The molecule has 23 heavy (non-hydrogen) atoms. The first-order chi connectivity index (χ1) is 11.0. The van der Waals surface area contributed by atoms with Gasteiger partial charge in [0.2, 0.25) is 0 Å². The molecule has 0 amide bonds. The lowest BCUT2D eigenvalue weighted by Gasteiger charge is -2.12. The van der Waals surface area contributed by atoms with Crippen molar-refractivity contribution in [3.8, 4) is 0 Å². The largest absolute Gasteiger partial charge is 0.390 e. The SMILES string of the molecule is CN=C(NCCCCOCc1ccccc1)NCCC(F)(F)F. The van der Waals surface area contributed by atoms with Crippen LogP contribution in [0.4, 0.5) is 13.2 Å². The number of benzene rings is 1. The van der Waals surface area contributed by atoms with Crippen LogP contribution in [-0.2, 0) is 11.3 Å². The first-order valence-corrected chi connectivity index (χ1v) is 7.64. The van der Waals surface area contributed by atoms with Crippen LogP contribution in [0.3, 0.4) is 0 Å². The van der Waals surface area contributed by atoms with Crippen LogP contribution in [0.15, 0.2) is 35.3 Å². The zero-order valence-electron chi connectivity index (χ0n) is 13.3. The summed E-state index contributed by atoms with van der Waals surface area (Å²) < 4.78 is 41.7. The third-order valence-corrected chi connectivity index (χ3v) is 3.04. The Kier molecular flexibility index (Phi) is 9.12. The molecule has 0 bridgehead atoms. The van der Waals surface area contributed by atoms with Crippen LogP contribution < -0.4 is 10.6 Å². The number of alkyl halides is 3. The lowest BCUT2D eigenvalue weighted by molar-refractivity contribution is -0.132. The Bertz CT molecular complexity index is 450. The van der Waals surface area contributed by atoms with Crippen LogP contribution in [0.5, 0.6) is 0 Å². The van der Waals surface area contributed by atoms with E-state index in [1.807, 2.05) is 30.3 Å². The van der Waals surface area contributed by atoms with Crippen molar-refractivity contribution in [3.05, 3.63) is 35.9 Å². The van der Waals surface area contributed by atoms with Crippen molar-refractivity contribution in [3.63, 3.8) is 0 Å². The lowest BCUT2D eigenvalue weighted by atomic mass is 10.2. The molecule has 0 atom stereocenters. The summed E-state index contributed by atoms with van der Waals surface area (Å²) in [5.41, 5.74) is 1.14. The minimum Gasteiger partial charge on any atom is -0.377 e. The quantitative estimate of drug-likeness (QED) is 0.415. The molecular formula is C16H24F3N3O. The Balaban J connectivity index is 2.00. The number of halogens is 3. The van der Waals surface area contributed by atoms with E-state index in [0.29, 0.717) is 25.7 Å². The summed E-state index contributed by atoms with van der Waals surface area (Å²) >= 11 is 0. The summed E-state index contributed by atoms with van der Waals surface area (Å²) in [5.74, 6) is 0.388. The van der Waals surface area contributed by atoms with Gasteiger partial charge in [0.05, 0.1) is 13.0 Å². The third kappa shape index (κ3) is 10.6. The van der Waals surface area contributed by atoms with Crippen molar-refractivity contribution in [1.29, 1.82) is 0 Å². The van der Waals surface area contributed by atoms with Gasteiger partial charge in [-0.2, -0.15) is 13.2 Å². The minimum atomic E-state index is -4.15. The van der Waals surface area contributed by atoms with Gasteiger partial charge in [0.1, 0.15) is 0 Å². The fourth-order valence-corrected chi connectivity index (χ4v) is 1.84. The highest BCUT2D eigenvalue weighted by molar-refractivity contribution is 5.79.